The predicted molar refractivity (Wildman–Crippen MR) is 157 cm³/mol. The molecule has 1 heterocycles. The van der Waals surface area contributed by atoms with Gasteiger partial charge in [0.25, 0.3) is 0 Å². The fourth-order valence-electron chi connectivity index (χ4n) is 5.60. The molecule has 0 bridgehead atoms. The molecule has 0 aromatic carbocycles. The Hall–Kier alpha value is -1.69. The molecule has 0 saturated carbocycles. The second-order valence-electron chi connectivity index (χ2n) is 11.5. The molecule has 10 N–H and O–H groups in total. The van der Waals surface area contributed by atoms with Gasteiger partial charge in [-0.25, -0.2) is 4.90 Å². The van der Waals surface area contributed by atoms with Crippen LogP contribution in [0.2, 0.25) is 0 Å². The van der Waals surface area contributed by atoms with Crippen LogP contribution >= 0.6 is 0 Å². The molecule has 0 aromatic heterocycles. The van der Waals surface area contributed by atoms with Gasteiger partial charge in [-0.05, 0) is 26.2 Å². The third-order valence-corrected chi connectivity index (χ3v) is 8.37. The lowest BCUT2D eigenvalue weighted by atomic mass is 9.88. The monoisotopic (exact) mass is 620 g/mol. The Morgan fingerprint density at radius 2 is 1.40 bits per heavy atom. The molecule has 0 aromatic rings. The minimum Gasteiger partial charge on any atom is -0.498 e. The largest absolute Gasteiger partial charge is 0.498 e. The van der Waals surface area contributed by atoms with Crippen molar-refractivity contribution in [1.29, 1.82) is 0 Å². The molecule has 43 heavy (non-hydrogen) atoms. The standard InChI is InChI=1S/C29H54N3O11/c1-5-31-12-20-17(3)10-19(11-21(20)32(6-2)18(31)4)43-9-7-8-30(13-22(35)26(39)28(41)24(37)15-33)14-23(36)27(40)29(42)25(38)16-34/h11,17,22-29,33-42H,5-10,12-16H2,1-4H3/q+1/t17?,22-,23-,24+,25+,26+,27+,28+,29+/m0/s1. The molecular weight excluding hydrogens is 566 g/mol. The van der Waals surface area contributed by atoms with E-state index in [0.717, 1.165) is 37.5 Å². The summed E-state index contributed by atoms with van der Waals surface area (Å²) >= 11 is 0. The minimum absolute atomic E-state index is 0.196. The highest BCUT2D eigenvalue weighted by molar-refractivity contribution is 5.78. The van der Waals surface area contributed by atoms with Crippen LogP contribution in [0.5, 0.6) is 0 Å². The molecule has 1 unspecified atom stereocenters. The van der Waals surface area contributed by atoms with Gasteiger partial charge < -0.3 is 55.8 Å². The molecule has 1 aliphatic carbocycles. The number of allylic oxidation sites excluding steroid dienone is 2. The van der Waals surface area contributed by atoms with Crippen molar-refractivity contribution < 1.29 is 60.4 Å². The SMILES string of the molecule is CCN1C2=C(C[N+](CC)=C1C)C(C)CC(OCCCN(C[C@H](O)[C@@H](O)[C@H](O)[C@H](O)CO)C[C@H](O)[C@@H](O)[C@H](O)[C@H](O)CO)=C2. The number of amidine groups is 1. The lowest BCUT2D eigenvalue weighted by Crippen LogP contribution is -2.53. The number of nitrogens with zero attached hydrogens (tertiary/aromatic N) is 3. The van der Waals surface area contributed by atoms with Crippen LogP contribution in [0, 0.1) is 5.92 Å². The first-order chi connectivity index (χ1) is 20.3. The lowest BCUT2D eigenvalue weighted by molar-refractivity contribution is -0.524. The summed E-state index contributed by atoms with van der Waals surface area (Å²) in [6.45, 7) is 9.35. The number of aliphatic hydroxyl groups is 10. The highest BCUT2D eigenvalue weighted by Crippen LogP contribution is 2.34. The smallest absolute Gasteiger partial charge is 0.249 e. The summed E-state index contributed by atoms with van der Waals surface area (Å²) in [4.78, 5) is 3.75. The zero-order chi connectivity index (χ0) is 32.4. The Labute approximate surface area is 253 Å². The van der Waals surface area contributed by atoms with E-state index in [1.165, 1.54) is 16.3 Å². The van der Waals surface area contributed by atoms with E-state index in [4.69, 9.17) is 14.9 Å². The molecule has 0 fully saturated rings. The summed E-state index contributed by atoms with van der Waals surface area (Å²) in [5.41, 5.74) is 2.52. The van der Waals surface area contributed by atoms with E-state index in [0.29, 0.717) is 6.42 Å². The van der Waals surface area contributed by atoms with E-state index >= 15 is 0 Å². The molecule has 250 valence electrons. The highest BCUT2D eigenvalue weighted by atomic mass is 16.5. The first-order valence-corrected chi connectivity index (χ1v) is 15.1. The van der Waals surface area contributed by atoms with Gasteiger partial charge in [0.2, 0.25) is 5.84 Å². The van der Waals surface area contributed by atoms with Crippen molar-refractivity contribution in [2.75, 3.05) is 59.1 Å². The van der Waals surface area contributed by atoms with Crippen molar-refractivity contribution in [2.45, 2.75) is 89.4 Å². The Morgan fingerprint density at radius 1 is 0.884 bits per heavy atom. The summed E-state index contributed by atoms with van der Waals surface area (Å²) in [6, 6.07) is 0. The Kier molecular flexibility index (Phi) is 15.4. The summed E-state index contributed by atoms with van der Waals surface area (Å²) < 4.78 is 8.49. The highest BCUT2D eigenvalue weighted by Gasteiger charge is 2.36. The number of ether oxygens (including phenoxy) is 1. The molecule has 0 spiro atoms. The average molecular weight is 621 g/mol. The first-order valence-electron chi connectivity index (χ1n) is 15.1. The van der Waals surface area contributed by atoms with Crippen molar-refractivity contribution in [2.24, 2.45) is 5.92 Å². The maximum Gasteiger partial charge on any atom is 0.249 e. The predicted octanol–water partition coefficient (Wildman–Crippen LogP) is -3.47. The van der Waals surface area contributed by atoms with Crippen molar-refractivity contribution in [1.82, 2.24) is 9.80 Å². The maximum absolute atomic E-state index is 10.5. The molecule has 2 aliphatic rings. The van der Waals surface area contributed by atoms with E-state index in [9.17, 15) is 40.9 Å². The van der Waals surface area contributed by atoms with Crippen LogP contribution in [0.4, 0.5) is 0 Å². The number of hydrogen-bond acceptors (Lipinski definition) is 13. The van der Waals surface area contributed by atoms with Crippen LogP contribution in [0.3, 0.4) is 0 Å². The van der Waals surface area contributed by atoms with Crippen LogP contribution in [-0.4, -0.2) is 179 Å². The average Bonchev–Trinajstić information content (AvgIpc) is 3.00. The lowest BCUT2D eigenvalue weighted by Gasteiger charge is -2.34. The summed E-state index contributed by atoms with van der Waals surface area (Å²) in [5, 5.41) is 99.0. The van der Waals surface area contributed by atoms with Gasteiger partial charge in [-0.15, -0.1) is 0 Å². The van der Waals surface area contributed by atoms with Crippen molar-refractivity contribution >= 4 is 5.84 Å². The van der Waals surface area contributed by atoms with E-state index in [2.05, 4.69) is 43.2 Å². The van der Waals surface area contributed by atoms with Gasteiger partial charge in [-0.3, -0.25) is 9.48 Å². The topological polar surface area (TPSA) is 221 Å². The van der Waals surface area contributed by atoms with Crippen molar-refractivity contribution in [3.63, 3.8) is 0 Å². The van der Waals surface area contributed by atoms with Gasteiger partial charge in [0, 0.05) is 44.6 Å². The third-order valence-electron chi connectivity index (χ3n) is 8.37. The maximum atomic E-state index is 10.5. The Balaban J connectivity index is 2.08. The summed E-state index contributed by atoms with van der Waals surface area (Å²) in [7, 11) is 0. The van der Waals surface area contributed by atoms with Crippen LogP contribution in [0.25, 0.3) is 0 Å². The molecule has 9 atom stereocenters. The molecule has 14 nitrogen and oxygen atoms in total. The van der Waals surface area contributed by atoms with Gasteiger partial charge in [-0.1, -0.05) is 6.92 Å². The van der Waals surface area contributed by atoms with E-state index in [1.54, 1.807) is 0 Å². The summed E-state index contributed by atoms with van der Waals surface area (Å²) in [5.74, 6) is 2.32. The molecular formula is C29H54N3O11+. The van der Waals surface area contributed by atoms with Gasteiger partial charge >= 0.3 is 0 Å². The molecule has 0 amide bonds. The Morgan fingerprint density at radius 3 is 1.86 bits per heavy atom. The molecule has 0 radical (unpaired) electrons. The summed E-state index contributed by atoms with van der Waals surface area (Å²) in [6.07, 6.45) is -10.7. The number of aliphatic hydroxyl groups excluding tert-OH is 10. The van der Waals surface area contributed by atoms with Crippen molar-refractivity contribution in [3.8, 4) is 0 Å². The fourth-order valence-corrected chi connectivity index (χ4v) is 5.60. The molecule has 1 aliphatic heterocycles. The van der Waals surface area contributed by atoms with Crippen LogP contribution in [0.1, 0.15) is 40.5 Å². The second kappa shape index (κ2) is 17.7. The van der Waals surface area contributed by atoms with Crippen LogP contribution in [0.15, 0.2) is 23.1 Å². The van der Waals surface area contributed by atoms with E-state index < -0.39 is 62.0 Å². The number of rotatable bonds is 19. The van der Waals surface area contributed by atoms with E-state index in [-0.39, 0.29) is 32.2 Å². The quantitative estimate of drug-likeness (QED) is 0.0502. The second-order valence-corrected chi connectivity index (χ2v) is 11.5. The van der Waals surface area contributed by atoms with Crippen LogP contribution in [-0.2, 0) is 4.74 Å². The zero-order valence-corrected chi connectivity index (χ0v) is 25.8. The normalized spacial score (nSPS) is 23.4. The van der Waals surface area contributed by atoms with E-state index in [1.807, 2.05) is 0 Å². The molecule has 14 heteroatoms. The van der Waals surface area contributed by atoms with Crippen molar-refractivity contribution in [3.05, 3.63) is 23.1 Å². The first kappa shape index (κ1) is 37.5. The van der Waals surface area contributed by atoms with Gasteiger partial charge in [0.15, 0.2) is 0 Å². The van der Waals surface area contributed by atoms with Crippen LogP contribution < -0.4 is 0 Å². The zero-order valence-electron chi connectivity index (χ0n) is 25.8. The van der Waals surface area contributed by atoms with Gasteiger partial charge in [0.1, 0.15) is 54.6 Å². The minimum atomic E-state index is -1.84. The molecule has 0 saturated heterocycles. The number of likely N-dealkylation sites (N-methyl/N-ethyl adjacent to an activating group) is 2. The third kappa shape index (κ3) is 9.90. The fraction of sp³-hybridized carbons (Fsp3) is 0.828. The number of hydrogen-bond donors (Lipinski definition) is 10. The van der Waals surface area contributed by atoms with Gasteiger partial charge in [0.05, 0.1) is 45.1 Å². The van der Waals surface area contributed by atoms with Gasteiger partial charge in [-0.2, -0.15) is 0 Å². The Bertz CT molecular complexity index is 932. The molecule has 2 rings (SSSR count).